The molecule has 7 heteroatoms. The summed E-state index contributed by atoms with van der Waals surface area (Å²) in [4.78, 5) is 36.1. The van der Waals surface area contributed by atoms with Crippen LogP contribution >= 0.6 is 0 Å². The molecular formula is C19H22N4O3. The van der Waals surface area contributed by atoms with Crippen molar-refractivity contribution >= 4 is 17.5 Å². The van der Waals surface area contributed by atoms with Gasteiger partial charge in [0.15, 0.2) is 0 Å². The Kier molecular flexibility index (Phi) is 4.36. The third-order valence-corrected chi connectivity index (χ3v) is 5.08. The molecule has 1 amide bonds. The summed E-state index contributed by atoms with van der Waals surface area (Å²) in [6, 6.07) is 7.45. The number of aryl methyl sites for hydroxylation is 1. The third-order valence-electron chi connectivity index (χ3n) is 5.08. The van der Waals surface area contributed by atoms with E-state index in [1.54, 1.807) is 12.0 Å². The first-order chi connectivity index (χ1) is 12.7. The summed E-state index contributed by atoms with van der Waals surface area (Å²) < 4.78 is 5.16. The number of fused-ring (bicyclic) bond motifs is 1. The van der Waals surface area contributed by atoms with Crippen molar-refractivity contribution in [2.45, 2.75) is 25.7 Å². The van der Waals surface area contributed by atoms with Gasteiger partial charge in [-0.15, -0.1) is 0 Å². The third kappa shape index (κ3) is 3.05. The number of nitrogens with zero attached hydrogens (tertiary/aromatic N) is 3. The summed E-state index contributed by atoms with van der Waals surface area (Å²) in [6.45, 7) is 1.37. The van der Waals surface area contributed by atoms with E-state index >= 15 is 0 Å². The molecule has 0 saturated carbocycles. The molecule has 0 spiro atoms. The Hall–Kier alpha value is -2.83. The summed E-state index contributed by atoms with van der Waals surface area (Å²) in [6.07, 6.45) is 3.73. The van der Waals surface area contributed by atoms with Gasteiger partial charge in [0, 0.05) is 24.3 Å². The molecule has 2 aliphatic rings. The van der Waals surface area contributed by atoms with Crippen LogP contribution in [-0.2, 0) is 17.6 Å². The first kappa shape index (κ1) is 16.6. The molecule has 1 aliphatic heterocycles. The Labute approximate surface area is 151 Å². The molecule has 0 radical (unpaired) electrons. The quantitative estimate of drug-likeness (QED) is 0.904. The zero-order valence-corrected chi connectivity index (χ0v) is 14.8. The Bertz CT molecular complexity index is 875. The first-order valence-corrected chi connectivity index (χ1v) is 8.97. The normalized spacial score (nSPS) is 17.2. The van der Waals surface area contributed by atoms with Crippen LogP contribution in [-0.4, -0.2) is 42.6 Å². The lowest BCUT2D eigenvalue weighted by molar-refractivity contribution is -0.117. The molecule has 1 aromatic carbocycles. The van der Waals surface area contributed by atoms with Gasteiger partial charge in [0.2, 0.25) is 11.9 Å². The summed E-state index contributed by atoms with van der Waals surface area (Å²) in [5, 5.41) is 0. The number of aromatic amines is 1. The maximum Gasteiger partial charge on any atom is 0.255 e. The number of H-pyrrole nitrogens is 1. The topological polar surface area (TPSA) is 78.5 Å². The number of benzene rings is 1. The van der Waals surface area contributed by atoms with Gasteiger partial charge in [-0.3, -0.25) is 14.6 Å². The van der Waals surface area contributed by atoms with Crippen LogP contribution in [0.2, 0.25) is 0 Å². The van der Waals surface area contributed by atoms with Crippen molar-refractivity contribution in [1.29, 1.82) is 0 Å². The maximum atomic E-state index is 12.6. The van der Waals surface area contributed by atoms with Crippen LogP contribution < -0.4 is 20.1 Å². The second kappa shape index (κ2) is 6.82. The lowest BCUT2D eigenvalue weighted by Crippen LogP contribution is -2.51. The van der Waals surface area contributed by atoms with E-state index in [0.29, 0.717) is 19.0 Å². The maximum absolute atomic E-state index is 12.6. The predicted molar refractivity (Wildman–Crippen MR) is 99.1 cm³/mol. The molecule has 1 saturated heterocycles. The Morgan fingerprint density at radius 1 is 1.08 bits per heavy atom. The van der Waals surface area contributed by atoms with Gasteiger partial charge in [-0.25, -0.2) is 4.98 Å². The number of hydrogen-bond donors (Lipinski definition) is 1. The van der Waals surface area contributed by atoms with Gasteiger partial charge in [0.25, 0.3) is 5.56 Å². The van der Waals surface area contributed by atoms with Crippen LogP contribution in [0.25, 0.3) is 0 Å². The molecule has 2 aromatic rings. The smallest absolute Gasteiger partial charge is 0.255 e. The minimum Gasteiger partial charge on any atom is -0.497 e. The van der Waals surface area contributed by atoms with Crippen molar-refractivity contribution in [2.24, 2.45) is 0 Å². The Morgan fingerprint density at radius 3 is 2.58 bits per heavy atom. The second-order valence-electron chi connectivity index (χ2n) is 6.69. The molecule has 0 bridgehead atoms. The highest BCUT2D eigenvalue weighted by molar-refractivity contribution is 5.97. The molecular weight excluding hydrogens is 332 g/mol. The standard InChI is InChI=1S/C19H22N4O3/c1-26-14-8-6-13(7-9-14)23-11-10-22(12-17(23)24)19-20-16-5-3-2-4-15(16)18(25)21-19/h6-9H,2-5,10-12H2,1H3,(H,20,21,25). The lowest BCUT2D eigenvalue weighted by atomic mass is 9.97. The number of hydrogen-bond acceptors (Lipinski definition) is 5. The number of nitrogens with one attached hydrogen (secondary N) is 1. The van der Waals surface area contributed by atoms with Crippen LogP contribution in [0.3, 0.4) is 0 Å². The number of ether oxygens (including phenoxy) is 1. The summed E-state index contributed by atoms with van der Waals surface area (Å²) in [5.41, 5.74) is 2.49. The summed E-state index contributed by atoms with van der Waals surface area (Å²) in [5.74, 6) is 1.26. The number of amides is 1. The fraction of sp³-hybridized carbons (Fsp3) is 0.421. The number of anilines is 2. The lowest BCUT2D eigenvalue weighted by Gasteiger charge is -2.35. The fourth-order valence-electron chi connectivity index (χ4n) is 3.63. The van der Waals surface area contributed by atoms with Crippen LogP contribution in [0.1, 0.15) is 24.1 Å². The molecule has 0 unspecified atom stereocenters. The minimum atomic E-state index is -0.0604. The van der Waals surface area contributed by atoms with Crippen molar-refractivity contribution in [3.63, 3.8) is 0 Å². The molecule has 1 aliphatic carbocycles. The van der Waals surface area contributed by atoms with Gasteiger partial charge >= 0.3 is 0 Å². The minimum absolute atomic E-state index is 0.0122. The molecule has 2 heterocycles. The Morgan fingerprint density at radius 2 is 1.85 bits per heavy atom. The van der Waals surface area contributed by atoms with E-state index in [9.17, 15) is 9.59 Å². The van der Waals surface area contributed by atoms with Crippen molar-refractivity contribution in [2.75, 3.05) is 36.5 Å². The van der Waals surface area contributed by atoms with Gasteiger partial charge in [-0.05, 0) is 49.9 Å². The van der Waals surface area contributed by atoms with Gasteiger partial charge in [-0.2, -0.15) is 0 Å². The van der Waals surface area contributed by atoms with Crippen LogP contribution in [0, 0.1) is 0 Å². The number of piperazine rings is 1. The fourth-order valence-corrected chi connectivity index (χ4v) is 3.63. The predicted octanol–water partition coefficient (Wildman–Crippen LogP) is 1.51. The number of carbonyl (C=O) groups is 1. The highest BCUT2D eigenvalue weighted by Crippen LogP contribution is 2.23. The zero-order chi connectivity index (χ0) is 18.1. The average molecular weight is 354 g/mol. The number of carbonyl (C=O) groups excluding carboxylic acids is 1. The SMILES string of the molecule is COc1ccc(N2CCN(c3nc4c(c(=O)[nH]3)CCCC4)CC2=O)cc1. The summed E-state index contributed by atoms with van der Waals surface area (Å²) in [7, 11) is 1.62. The molecule has 0 atom stereocenters. The van der Waals surface area contributed by atoms with Crippen LogP contribution in [0.4, 0.5) is 11.6 Å². The van der Waals surface area contributed by atoms with E-state index in [2.05, 4.69) is 9.97 Å². The van der Waals surface area contributed by atoms with E-state index in [1.807, 2.05) is 29.2 Å². The average Bonchev–Trinajstić information content (AvgIpc) is 2.68. The molecule has 1 N–H and O–H groups in total. The van der Waals surface area contributed by atoms with Crippen molar-refractivity contribution in [1.82, 2.24) is 9.97 Å². The highest BCUT2D eigenvalue weighted by atomic mass is 16.5. The van der Waals surface area contributed by atoms with E-state index < -0.39 is 0 Å². The van der Waals surface area contributed by atoms with Gasteiger partial charge in [0.05, 0.1) is 12.8 Å². The van der Waals surface area contributed by atoms with E-state index in [4.69, 9.17) is 4.74 Å². The van der Waals surface area contributed by atoms with E-state index in [1.165, 1.54) is 0 Å². The highest BCUT2D eigenvalue weighted by Gasteiger charge is 2.27. The van der Waals surface area contributed by atoms with Crippen molar-refractivity contribution in [3.05, 3.63) is 45.9 Å². The van der Waals surface area contributed by atoms with Crippen molar-refractivity contribution in [3.8, 4) is 5.75 Å². The zero-order valence-electron chi connectivity index (χ0n) is 14.8. The summed E-state index contributed by atoms with van der Waals surface area (Å²) >= 11 is 0. The largest absolute Gasteiger partial charge is 0.497 e. The van der Waals surface area contributed by atoms with Crippen LogP contribution in [0.5, 0.6) is 5.75 Å². The number of aromatic nitrogens is 2. The first-order valence-electron chi connectivity index (χ1n) is 8.97. The molecule has 7 nitrogen and oxygen atoms in total. The van der Waals surface area contributed by atoms with E-state index in [0.717, 1.165) is 48.4 Å². The molecule has 26 heavy (non-hydrogen) atoms. The number of methoxy groups -OCH3 is 1. The van der Waals surface area contributed by atoms with Crippen LogP contribution in [0.15, 0.2) is 29.1 Å². The molecule has 136 valence electrons. The number of rotatable bonds is 3. The van der Waals surface area contributed by atoms with Gasteiger partial charge in [-0.1, -0.05) is 0 Å². The second-order valence-corrected chi connectivity index (χ2v) is 6.69. The molecule has 1 aromatic heterocycles. The van der Waals surface area contributed by atoms with Gasteiger partial charge < -0.3 is 14.5 Å². The van der Waals surface area contributed by atoms with Crippen molar-refractivity contribution < 1.29 is 9.53 Å². The monoisotopic (exact) mass is 354 g/mol. The molecule has 1 fully saturated rings. The van der Waals surface area contributed by atoms with Gasteiger partial charge in [0.1, 0.15) is 12.3 Å². The van der Waals surface area contributed by atoms with E-state index in [-0.39, 0.29) is 18.0 Å². The Balaban J connectivity index is 1.52. The molecule has 4 rings (SSSR count).